The van der Waals surface area contributed by atoms with Crippen molar-refractivity contribution in [3.05, 3.63) is 22.7 Å². The van der Waals surface area contributed by atoms with Crippen LogP contribution in [0.2, 0.25) is 0 Å². The molecule has 0 saturated heterocycles. The van der Waals surface area contributed by atoms with Gasteiger partial charge in [0, 0.05) is 17.8 Å². The highest BCUT2D eigenvalue weighted by molar-refractivity contribution is 9.10. The zero-order chi connectivity index (χ0) is 10.6. The Morgan fingerprint density at radius 1 is 1.50 bits per heavy atom. The summed E-state index contributed by atoms with van der Waals surface area (Å²) in [5, 5.41) is 3.39. The summed E-state index contributed by atoms with van der Waals surface area (Å²) < 4.78 is 6.20. The van der Waals surface area contributed by atoms with E-state index in [9.17, 15) is 0 Å². The highest BCUT2D eigenvalue weighted by Crippen LogP contribution is 2.28. The molecule has 0 fully saturated rings. The molecular weight excluding hydrogens is 242 g/mol. The van der Waals surface area contributed by atoms with Crippen LogP contribution in [-0.2, 0) is 0 Å². The van der Waals surface area contributed by atoms with Crippen LogP contribution in [0.3, 0.4) is 0 Å². The SMILES string of the molecule is CC[C@H](C)Nc1ccc(Br)c(OC)c1. The van der Waals surface area contributed by atoms with Crippen molar-refractivity contribution in [1.29, 1.82) is 0 Å². The normalized spacial score (nSPS) is 12.3. The number of anilines is 1. The molecule has 0 bridgehead atoms. The maximum Gasteiger partial charge on any atom is 0.135 e. The molecule has 78 valence electrons. The summed E-state index contributed by atoms with van der Waals surface area (Å²) in [5.74, 6) is 0.860. The monoisotopic (exact) mass is 257 g/mol. The van der Waals surface area contributed by atoms with Crippen LogP contribution in [0.5, 0.6) is 5.75 Å². The Kier molecular flexibility index (Phi) is 4.26. The van der Waals surface area contributed by atoms with E-state index >= 15 is 0 Å². The van der Waals surface area contributed by atoms with E-state index in [0.29, 0.717) is 6.04 Å². The first-order valence-electron chi connectivity index (χ1n) is 4.77. The fourth-order valence-corrected chi connectivity index (χ4v) is 1.54. The fraction of sp³-hybridized carbons (Fsp3) is 0.455. The second kappa shape index (κ2) is 5.25. The lowest BCUT2D eigenvalue weighted by molar-refractivity contribution is 0.412. The van der Waals surface area contributed by atoms with Crippen LogP contribution >= 0.6 is 15.9 Å². The van der Waals surface area contributed by atoms with Crippen molar-refractivity contribution in [3.63, 3.8) is 0 Å². The van der Waals surface area contributed by atoms with Gasteiger partial charge < -0.3 is 10.1 Å². The third-order valence-corrected chi connectivity index (χ3v) is 2.83. The molecule has 0 amide bonds. The summed E-state index contributed by atoms with van der Waals surface area (Å²) in [7, 11) is 1.67. The molecule has 0 spiro atoms. The summed E-state index contributed by atoms with van der Waals surface area (Å²) in [6, 6.07) is 6.51. The van der Waals surface area contributed by atoms with Crippen LogP contribution < -0.4 is 10.1 Å². The van der Waals surface area contributed by atoms with Crippen molar-refractivity contribution < 1.29 is 4.74 Å². The number of halogens is 1. The number of ether oxygens (including phenoxy) is 1. The van der Waals surface area contributed by atoms with Crippen molar-refractivity contribution in [3.8, 4) is 5.75 Å². The molecule has 0 aliphatic carbocycles. The molecule has 14 heavy (non-hydrogen) atoms. The second-order valence-electron chi connectivity index (χ2n) is 3.30. The molecule has 0 aliphatic rings. The number of benzene rings is 1. The van der Waals surface area contributed by atoms with Gasteiger partial charge in [-0.25, -0.2) is 0 Å². The van der Waals surface area contributed by atoms with Gasteiger partial charge in [0.15, 0.2) is 0 Å². The number of hydrogen-bond acceptors (Lipinski definition) is 2. The van der Waals surface area contributed by atoms with Crippen molar-refractivity contribution in [2.75, 3.05) is 12.4 Å². The number of hydrogen-bond donors (Lipinski definition) is 1. The average Bonchev–Trinajstić information content (AvgIpc) is 2.20. The van der Waals surface area contributed by atoms with E-state index in [4.69, 9.17) is 4.74 Å². The van der Waals surface area contributed by atoms with Crippen molar-refractivity contribution in [2.45, 2.75) is 26.3 Å². The van der Waals surface area contributed by atoms with E-state index in [2.05, 4.69) is 35.1 Å². The van der Waals surface area contributed by atoms with Crippen LogP contribution in [0.1, 0.15) is 20.3 Å². The lowest BCUT2D eigenvalue weighted by atomic mass is 10.2. The summed E-state index contributed by atoms with van der Waals surface area (Å²) in [4.78, 5) is 0. The molecule has 3 heteroatoms. The number of nitrogens with one attached hydrogen (secondary N) is 1. The lowest BCUT2D eigenvalue weighted by Crippen LogP contribution is -2.13. The first kappa shape index (κ1) is 11.4. The molecule has 1 rings (SSSR count). The standard InChI is InChI=1S/C11H16BrNO/c1-4-8(2)13-9-5-6-10(12)11(7-9)14-3/h5-8,13H,4H2,1-3H3/t8-/m0/s1. The molecule has 1 atom stereocenters. The van der Waals surface area contributed by atoms with Gasteiger partial charge in [-0.3, -0.25) is 0 Å². The maximum absolute atomic E-state index is 5.21. The minimum absolute atomic E-state index is 0.487. The first-order valence-corrected chi connectivity index (χ1v) is 5.56. The van der Waals surface area contributed by atoms with Crippen molar-refractivity contribution in [1.82, 2.24) is 0 Å². The van der Waals surface area contributed by atoms with E-state index in [1.165, 1.54) is 0 Å². The van der Waals surface area contributed by atoms with Crippen LogP contribution in [0.25, 0.3) is 0 Å². The minimum Gasteiger partial charge on any atom is -0.495 e. The fourth-order valence-electron chi connectivity index (χ4n) is 1.14. The molecule has 0 aliphatic heterocycles. The smallest absolute Gasteiger partial charge is 0.135 e. The topological polar surface area (TPSA) is 21.3 Å². The quantitative estimate of drug-likeness (QED) is 0.889. The van der Waals surface area contributed by atoms with E-state index in [-0.39, 0.29) is 0 Å². The molecule has 0 saturated carbocycles. The lowest BCUT2D eigenvalue weighted by Gasteiger charge is -2.14. The highest BCUT2D eigenvalue weighted by Gasteiger charge is 2.03. The van der Waals surface area contributed by atoms with Gasteiger partial charge in [0.25, 0.3) is 0 Å². The predicted molar refractivity (Wildman–Crippen MR) is 64.1 cm³/mol. The van der Waals surface area contributed by atoms with Gasteiger partial charge in [-0.2, -0.15) is 0 Å². The maximum atomic E-state index is 5.21. The Morgan fingerprint density at radius 3 is 2.79 bits per heavy atom. The molecule has 0 radical (unpaired) electrons. The van der Waals surface area contributed by atoms with Gasteiger partial charge in [0.05, 0.1) is 11.6 Å². The summed E-state index contributed by atoms with van der Waals surface area (Å²) >= 11 is 3.42. The van der Waals surface area contributed by atoms with Gasteiger partial charge in [0.2, 0.25) is 0 Å². The molecule has 1 N–H and O–H groups in total. The molecule has 1 aromatic carbocycles. The highest BCUT2D eigenvalue weighted by atomic mass is 79.9. The summed E-state index contributed by atoms with van der Waals surface area (Å²) in [6.45, 7) is 4.32. The van der Waals surface area contributed by atoms with E-state index in [0.717, 1.165) is 22.3 Å². The molecule has 0 aromatic heterocycles. The Labute approximate surface area is 93.8 Å². The summed E-state index contributed by atoms with van der Waals surface area (Å²) in [6.07, 6.45) is 1.11. The molecule has 0 heterocycles. The zero-order valence-electron chi connectivity index (χ0n) is 8.80. The van der Waals surface area contributed by atoms with Gasteiger partial charge in [-0.05, 0) is 41.4 Å². The van der Waals surface area contributed by atoms with E-state index in [1.54, 1.807) is 7.11 Å². The van der Waals surface area contributed by atoms with E-state index < -0.39 is 0 Å². The van der Waals surface area contributed by atoms with Crippen LogP contribution in [0, 0.1) is 0 Å². The average molecular weight is 258 g/mol. The molecule has 2 nitrogen and oxygen atoms in total. The van der Waals surface area contributed by atoms with Gasteiger partial charge in [0.1, 0.15) is 5.75 Å². The Bertz CT molecular complexity index is 301. The third kappa shape index (κ3) is 2.91. The van der Waals surface area contributed by atoms with Crippen LogP contribution in [0.15, 0.2) is 22.7 Å². The zero-order valence-corrected chi connectivity index (χ0v) is 10.4. The molecule has 0 unspecified atom stereocenters. The minimum atomic E-state index is 0.487. The largest absolute Gasteiger partial charge is 0.495 e. The van der Waals surface area contributed by atoms with Gasteiger partial charge in [-0.15, -0.1) is 0 Å². The predicted octanol–water partition coefficient (Wildman–Crippen LogP) is 3.67. The summed E-state index contributed by atoms with van der Waals surface area (Å²) in [5.41, 5.74) is 1.10. The first-order chi connectivity index (χ1) is 6.67. The van der Waals surface area contributed by atoms with Crippen LogP contribution in [0.4, 0.5) is 5.69 Å². The van der Waals surface area contributed by atoms with Crippen molar-refractivity contribution >= 4 is 21.6 Å². The van der Waals surface area contributed by atoms with E-state index in [1.807, 2.05) is 18.2 Å². The van der Waals surface area contributed by atoms with Crippen molar-refractivity contribution in [2.24, 2.45) is 0 Å². The number of methoxy groups -OCH3 is 1. The Morgan fingerprint density at radius 2 is 2.21 bits per heavy atom. The van der Waals surface area contributed by atoms with Crippen LogP contribution in [-0.4, -0.2) is 13.2 Å². The third-order valence-electron chi connectivity index (χ3n) is 2.18. The number of rotatable bonds is 4. The van der Waals surface area contributed by atoms with Gasteiger partial charge in [-0.1, -0.05) is 6.92 Å². The Hall–Kier alpha value is -0.700. The van der Waals surface area contributed by atoms with Gasteiger partial charge >= 0.3 is 0 Å². The Balaban J connectivity index is 2.79. The molecular formula is C11H16BrNO. The second-order valence-corrected chi connectivity index (χ2v) is 4.16. The molecule has 1 aromatic rings.